The van der Waals surface area contributed by atoms with Crippen molar-refractivity contribution in [2.45, 2.75) is 6.42 Å². The molecule has 0 bridgehead atoms. The van der Waals surface area contributed by atoms with Crippen molar-refractivity contribution in [3.05, 3.63) is 197 Å². The first-order valence-corrected chi connectivity index (χ1v) is 14.9. The summed E-state index contributed by atoms with van der Waals surface area (Å²) in [7, 11) is 0. The molecule has 0 heterocycles. The molecular formula is C43H29. The largest absolute Gasteiger partial charge is 0.0801 e. The second-order valence-corrected chi connectivity index (χ2v) is 11.1. The molecule has 2 aliphatic carbocycles. The second-order valence-electron chi connectivity index (χ2n) is 11.1. The van der Waals surface area contributed by atoms with E-state index in [1.807, 2.05) is 0 Å². The normalized spacial score (nSPS) is 12.8. The lowest BCUT2D eigenvalue weighted by Crippen LogP contribution is -2.23. The monoisotopic (exact) mass is 545 g/mol. The molecule has 0 aromatic heterocycles. The zero-order valence-electron chi connectivity index (χ0n) is 23.8. The average molecular weight is 546 g/mol. The molecule has 6 aromatic carbocycles. The second kappa shape index (κ2) is 10.7. The third-order valence-corrected chi connectivity index (χ3v) is 8.55. The maximum atomic E-state index is 3.91. The molecule has 0 unspecified atom stereocenters. The van der Waals surface area contributed by atoms with Gasteiger partial charge in [0.1, 0.15) is 0 Å². The fourth-order valence-corrected chi connectivity index (χ4v) is 6.69. The van der Waals surface area contributed by atoms with Gasteiger partial charge >= 0.3 is 0 Å². The molecule has 0 heteroatoms. The van der Waals surface area contributed by atoms with Crippen molar-refractivity contribution in [2.24, 2.45) is 0 Å². The van der Waals surface area contributed by atoms with Gasteiger partial charge in [-0.3, -0.25) is 0 Å². The molecule has 201 valence electrons. The summed E-state index contributed by atoms with van der Waals surface area (Å²) in [5.74, 6) is 0. The summed E-state index contributed by atoms with van der Waals surface area (Å²) in [4.78, 5) is 0. The van der Waals surface area contributed by atoms with Gasteiger partial charge in [0.25, 0.3) is 0 Å². The van der Waals surface area contributed by atoms with Gasteiger partial charge in [-0.15, -0.1) is 0 Å². The fraction of sp³-hybridized carbons (Fsp3) is 0.0233. The van der Waals surface area contributed by atoms with E-state index in [0.29, 0.717) is 0 Å². The van der Waals surface area contributed by atoms with Crippen molar-refractivity contribution in [3.8, 4) is 33.4 Å². The predicted octanol–water partition coefficient (Wildman–Crippen LogP) is 9.30. The minimum Gasteiger partial charge on any atom is -0.0801 e. The molecule has 0 nitrogen and oxygen atoms in total. The maximum Gasteiger partial charge on any atom is -0.000707 e. The lowest BCUT2D eigenvalue weighted by molar-refractivity contribution is 1.38. The summed E-state index contributed by atoms with van der Waals surface area (Å²) in [6.07, 6.45) is 11.6. The molecule has 0 fully saturated rings. The highest BCUT2D eigenvalue weighted by Gasteiger charge is 2.25. The van der Waals surface area contributed by atoms with E-state index in [0.717, 1.165) is 12.0 Å². The highest BCUT2D eigenvalue weighted by Crippen LogP contribution is 2.40. The summed E-state index contributed by atoms with van der Waals surface area (Å²) in [6.45, 7) is 0. The van der Waals surface area contributed by atoms with E-state index in [4.69, 9.17) is 0 Å². The number of hydrogen-bond donors (Lipinski definition) is 0. The summed E-state index contributed by atoms with van der Waals surface area (Å²) in [5, 5.41) is 2.43. The van der Waals surface area contributed by atoms with E-state index in [1.165, 1.54) is 71.7 Å². The highest BCUT2D eigenvalue weighted by atomic mass is 14.3. The van der Waals surface area contributed by atoms with Crippen LogP contribution in [-0.4, -0.2) is 0 Å². The Balaban J connectivity index is 1.60. The van der Waals surface area contributed by atoms with Crippen LogP contribution < -0.4 is 10.4 Å². The summed E-state index contributed by atoms with van der Waals surface area (Å²) in [5.41, 5.74) is 14.9. The minimum atomic E-state index is 0.908. The van der Waals surface area contributed by atoms with Gasteiger partial charge in [0.05, 0.1) is 0 Å². The first-order chi connectivity index (χ1) is 21.4. The van der Waals surface area contributed by atoms with E-state index in [9.17, 15) is 0 Å². The number of fused-ring (bicyclic) bond motifs is 3. The fourth-order valence-electron chi connectivity index (χ4n) is 6.69. The van der Waals surface area contributed by atoms with Gasteiger partial charge in [-0.25, -0.2) is 0 Å². The molecule has 43 heavy (non-hydrogen) atoms. The van der Waals surface area contributed by atoms with Gasteiger partial charge in [-0.1, -0.05) is 158 Å². The van der Waals surface area contributed by atoms with Crippen molar-refractivity contribution >= 4 is 17.2 Å². The third kappa shape index (κ3) is 4.40. The molecule has 0 saturated carbocycles. The van der Waals surface area contributed by atoms with Crippen LogP contribution in [0.1, 0.15) is 28.7 Å². The summed E-state index contributed by atoms with van der Waals surface area (Å²) < 4.78 is 0. The van der Waals surface area contributed by atoms with E-state index >= 15 is 0 Å². The Labute approximate surface area is 253 Å². The Kier molecular flexibility index (Phi) is 6.31. The van der Waals surface area contributed by atoms with Gasteiger partial charge in [-0.05, 0) is 95.8 Å². The lowest BCUT2D eigenvalue weighted by atomic mass is 9.83. The predicted molar refractivity (Wildman–Crippen MR) is 181 cm³/mol. The van der Waals surface area contributed by atoms with E-state index in [1.54, 1.807) is 0 Å². The third-order valence-electron chi connectivity index (χ3n) is 8.55. The Morgan fingerprint density at radius 1 is 0.512 bits per heavy atom. The lowest BCUT2D eigenvalue weighted by Gasteiger charge is -2.19. The topological polar surface area (TPSA) is 0 Å². The maximum absolute atomic E-state index is 3.91. The standard InChI is InChI=1S/C43H29/c1-5-16-30(17-6-1)36-27-15-26-35-28-37-38(41(35)36)29-39(40(31-18-7-2-8-19-31)32-20-9-3-10-21-32)43(34-22-11-4-12-23-34)42(37)33-24-13-14-25-33/h1-24,26-27,29H,25H2. The van der Waals surface area contributed by atoms with Gasteiger partial charge in [0.2, 0.25) is 0 Å². The summed E-state index contributed by atoms with van der Waals surface area (Å²) in [6, 6.07) is 52.5. The molecule has 0 spiro atoms. The average Bonchev–Trinajstić information content (AvgIpc) is 3.75. The van der Waals surface area contributed by atoms with Crippen molar-refractivity contribution in [2.75, 3.05) is 0 Å². The van der Waals surface area contributed by atoms with Gasteiger partial charge in [0, 0.05) is 0 Å². The van der Waals surface area contributed by atoms with Crippen LogP contribution in [0.15, 0.2) is 164 Å². The quantitative estimate of drug-likeness (QED) is 0.202. The minimum absolute atomic E-state index is 0.908. The molecule has 2 aliphatic rings. The van der Waals surface area contributed by atoms with Crippen molar-refractivity contribution < 1.29 is 0 Å². The molecule has 0 amide bonds. The van der Waals surface area contributed by atoms with Crippen LogP contribution in [-0.2, 0) is 0 Å². The number of rotatable bonds is 5. The van der Waals surface area contributed by atoms with Crippen LogP contribution in [0, 0.1) is 0 Å². The molecule has 0 saturated heterocycles. The summed E-state index contributed by atoms with van der Waals surface area (Å²) >= 11 is 0. The Morgan fingerprint density at radius 3 is 1.72 bits per heavy atom. The Hall–Kier alpha value is -5.46. The smallest absolute Gasteiger partial charge is 0.000707 e. The zero-order chi connectivity index (χ0) is 28.6. The number of benzene rings is 6. The van der Waals surface area contributed by atoms with Crippen LogP contribution in [0.5, 0.6) is 0 Å². The Bertz CT molecular complexity index is 2110. The molecule has 6 aromatic rings. The first kappa shape index (κ1) is 25.3. The van der Waals surface area contributed by atoms with Crippen molar-refractivity contribution in [3.63, 3.8) is 0 Å². The van der Waals surface area contributed by atoms with Crippen LogP contribution in [0.2, 0.25) is 0 Å². The van der Waals surface area contributed by atoms with Crippen LogP contribution >= 0.6 is 0 Å². The van der Waals surface area contributed by atoms with Gasteiger partial charge < -0.3 is 0 Å². The molecule has 0 aliphatic heterocycles. The van der Waals surface area contributed by atoms with Crippen LogP contribution in [0.25, 0.3) is 50.6 Å². The van der Waals surface area contributed by atoms with Crippen LogP contribution in [0.4, 0.5) is 0 Å². The molecular weight excluding hydrogens is 516 g/mol. The van der Waals surface area contributed by atoms with Crippen molar-refractivity contribution in [1.29, 1.82) is 0 Å². The first-order valence-electron chi connectivity index (χ1n) is 14.9. The van der Waals surface area contributed by atoms with Crippen LogP contribution in [0.3, 0.4) is 0 Å². The molecule has 8 rings (SSSR count). The van der Waals surface area contributed by atoms with Gasteiger partial charge in [0.15, 0.2) is 0 Å². The van der Waals surface area contributed by atoms with Crippen molar-refractivity contribution in [1.82, 2.24) is 0 Å². The van der Waals surface area contributed by atoms with E-state index < -0.39 is 0 Å². The molecule has 1 radical (unpaired) electrons. The van der Waals surface area contributed by atoms with Gasteiger partial charge in [-0.2, -0.15) is 0 Å². The molecule has 0 N–H and O–H groups in total. The highest BCUT2D eigenvalue weighted by molar-refractivity contribution is 5.99. The SMILES string of the molecule is [C]1=c2c(cc(=C(c3ccccc3)c3ccccc3)c(-c3ccccc3)c2C2=CC=CC2)-c2c1cccc2-c1ccccc1. The van der Waals surface area contributed by atoms with E-state index in [2.05, 4.69) is 170 Å². The zero-order valence-corrected chi connectivity index (χ0v) is 23.8. The van der Waals surface area contributed by atoms with E-state index in [-0.39, 0.29) is 0 Å². The number of hydrogen-bond acceptors (Lipinski definition) is 0. The number of allylic oxidation sites excluding steroid dienone is 4. The Morgan fingerprint density at radius 2 is 1.12 bits per heavy atom. The molecule has 0 atom stereocenters.